The van der Waals surface area contributed by atoms with Gasteiger partial charge in [-0.25, -0.2) is 0 Å². The number of phenolic OH excluding ortho intramolecular Hbond substituents is 1. The summed E-state index contributed by atoms with van der Waals surface area (Å²) in [6.07, 6.45) is 5.35. The van der Waals surface area contributed by atoms with Gasteiger partial charge in [0.25, 0.3) is 0 Å². The first-order chi connectivity index (χ1) is 11.6. The Bertz CT molecular complexity index is 555. The molecule has 0 radical (unpaired) electrons. The van der Waals surface area contributed by atoms with Crippen molar-refractivity contribution in [2.45, 2.75) is 50.7 Å². The first kappa shape index (κ1) is 17.2. The SMILES string of the molecule is CN1CCCC[C@H]1C(=O)NC1CCN(Cc2cccc(O)c2)CC1. The van der Waals surface area contributed by atoms with E-state index < -0.39 is 0 Å². The number of likely N-dealkylation sites (tertiary alicyclic amines) is 2. The van der Waals surface area contributed by atoms with Gasteiger partial charge in [-0.2, -0.15) is 0 Å². The number of hydrogen-bond acceptors (Lipinski definition) is 4. The van der Waals surface area contributed by atoms with E-state index in [0.717, 1.165) is 57.4 Å². The van der Waals surface area contributed by atoms with Gasteiger partial charge in [0, 0.05) is 25.7 Å². The lowest BCUT2D eigenvalue weighted by atomic mass is 10.00. The lowest BCUT2D eigenvalue weighted by molar-refractivity contribution is -0.128. The number of carbonyl (C=O) groups is 1. The van der Waals surface area contributed by atoms with Gasteiger partial charge in [0.05, 0.1) is 6.04 Å². The summed E-state index contributed by atoms with van der Waals surface area (Å²) < 4.78 is 0. The largest absolute Gasteiger partial charge is 0.508 e. The minimum atomic E-state index is 0.0593. The molecule has 0 spiro atoms. The lowest BCUT2D eigenvalue weighted by Crippen LogP contribution is -2.52. The normalized spacial score (nSPS) is 24.0. The van der Waals surface area contributed by atoms with Gasteiger partial charge in [-0.1, -0.05) is 18.6 Å². The third kappa shape index (κ3) is 4.48. The van der Waals surface area contributed by atoms with Gasteiger partial charge in [-0.05, 0) is 57.0 Å². The van der Waals surface area contributed by atoms with Crippen LogP contribution >= 0.6 is 0 Å². The lowest BCUT2D eigenvalue weighted by Gasteiger charge is -2.35. The zero-order valence-corrected chi connectivity index (χ0v) is 14.6. The summed E-state index contributed by atoms with van der Waals surface area (Å²) in [4.78, 5) is 17.1. The molecule has 2 aliphatic heterocycles. The minimum Gasteiger partial charge on any atom is -0.508 e. The molecule has 2 heterocycles. The van der Waals surface area contributed by atoms with Crippen molar-refractivity contribution in [2.24, 2.45) is 0 Å². The molecule has 1 amide bonds. The number of phenols is 1. The Kier molecular flexibility index (Phi) is 5.74. The molecule has 3 rings (SSSR count). The fourth-order valence-corrected chi connectivity index (χ4v) is 3.85. The van der Waals surface area contributed by atoms with E-state index in [2.05, 4.69) is 22.2 Å². The second-order valence-corrected chi connectivity index (χ2v) is 7.22. The molecule has 24 heavy (non-hydrogen) atoms. The highest BCUT2D eigenvalue weighted by Crippen LogP contribution is 2.19. The Labute approximate surface area is 144 Å². The quantitative estimate of drug-likeness (QED) is 0.885. The molecule has 0 aromatic heterocycles. The number of nitrogens with zero attached hydrogens (tertiary/aromatic N) is 2. The number of piperidine rings is 2. The fourth-order valence-electron chi connectivity index (χ4n) is 3.85. The van der Waals surface area contributed by atoms with Crippen molar-refractivity contribution in [3.63, 3.8) is 0 Å². The summed E-state index contributed by atoms with van der Waals surface area (Å²) in [5.74, 6) is 0.537. The highest BCUT2D eigenvalue weighted by Gasteiger charge is 2.28. The number of carbonyl (C=O) groups excluding carboxylic acids is 1. The van der Waals surface area contributed by atoms with Gasteiger partial charge in [0.1, 0.15) is 5.75 Å². The van der Waals surface area contributed by atoms with Crippen LogP contribution in [0.2, 0.25) is 0 Å². The summed E-state index contributed by atoms with van der Waals surface area (Å²) in [5.41, 5.74) is 1.14. The van der Waals surface area contributed by atoms with Gasteiger partial charge in [0.15, 0.2) is 0 Å². The van der Waals surface area contributed by atoms with Crippen LogP contribution < -0.4 is 5.32 Å². The first-order valence-electron chi connectivity index (χ1n) is 9.13. The number of likely N-dealkylation sites (N-methyl/N-ethyl adjacent to an activating group) is 1. The molecule has 0 aliphatic carbocycles. The molecule has 1 aromatic carbocycles. The molecule has 132 valence electrons. The smallest absolute Gasteiger partial charge is 0.237 e. The standard InChI is InChI=1S/C19H29N3O2/c1-21-10-3-2-7-18(21)19(24)20-16-8-11-22(12-9-16)14-15-5-4-6-17(23)13-15/h4-6,13,16,18,23H,2-3,7-12,14H2,1H3,(H,20,24)/t18-/m0/s1. The highest BCUT2D eigenvalue weighted by atomic mass is 16.3. The molecule has 0 bridgehead atoms. The number of benzene rings is 1. The number of hydrogen-bond donors (Lipinski definition) is 2. The van der Waals surface area contributed by atoms with Crippen LogP contribution in [0.5, 0.6) is 5.75 Å². The first-order valence-corrected chi connectivity index (χ1v) is 9.13. The predicted molar refractivity (Wildman–Crippen MR) is 94.8 cm³/mol. The van der Waals surface area contributed by atoms with Crippen molar-refractivity contribution >= 4 is 5.91 Å². The Morgan fingerprint density at radius 1 is 1.21 bits per heavy atom. The highest BCUT2D eigenvalue weighted by molar-refractivity contribution is 5.82. The van der Waals surface area contributed by atoms with Crippen LogP contribution in [0.25, 0.3) is 0 Å². The van der Waals surface area contributed by atoms with Crippen molar-refractivity contribution in [3.05, 3.63) is 29.8 Å². The van der Waals surface area contributed by atoms with Gasteiger partial charge < -0.3 is 10.4 Å². The summed E-state index contributed by atoms with van der Waals surface area (Å²) in [6.45, 7) is 3.86. The zero-order chi connectivity index (χ0) is 16.9. The summed E-state index contributed by atoms with van der Waals surface area (Å²) in [5, 5.41) is 12.8. The molecule has 0 saturated carbocycles. The molecule has 5 heteroatoms. The average molecular weight is 331 g/mol. The van der Waals surface area contributed by atoms with Gasteiger partial charge in [-0.3, -0.25) is 14.6 Å². The second-order valence-electron chi connectivity index (χ2n) is 7.22. The van der Waals surface area contributed by atoms with Crippen molar-refractivity contribution < 1.29 is 9.90 Å². The van der Waals surface area contributed by atoms with E-state index in [0.29, 0.717) is 11.8 Å². The fraction of sp³-hybridized carbons (Fsp3) is 0.632. The molecule has 2 fully saturated rings. The maximum Gasteiger partial charge on any atom is 0.237 e. The van der Waals surface area contributed by atoms with Crippen LogP contribution in [0.4, 0.5) is 0 Å². The second kappa shape index (κ2) is 7.99. The molecule has 2 N–H and O–H groups in total. The van der Waals surface area contributed by atoms with Crippen LogP contribution in [0.1, 0.15) is 37.7 Å². The molecule has 2 aliphatic rings. The van der Waals surface area contributed by atoms with Crippen molar-refractivity contribution in [1.29, 1.82) is 0 Å². The van der Waals surface area contributed by atoms with Crippen LogP contribution in [0, 0.1) is 0 Å². The number of nitrogens with one attached hydrogen (secondary N) is 1. The maximum atomic E-state index is 12.5. The monoisotopic (exact) mass is 331 g/mol. The van der Waals surface area contributed by atoms with Crippen molar-refractivity contribution in [2.75, 3.05) is 26.7 Å². The number of rotatable bonds is 4. The Morgan fingerprint density at radius 2 is 2.00 bits per heavy atom. The molecule has 2 saturated heterocycles. The van der Waals surface area contributed by atoms with E-state index in [1.54, 1.807) is 6.07 Å². The van der Waals surface area contributed by atoms with Crippen molar-refractivity contribution in [1.82, 2.24) is 15.1 Å². The summed E-state index contributed by atoms with van der Waals surface area (Å²) in [6, 6.07) is 7.82. The maximum absolute atomic E-state index is 12.5. The Morgan fingerprint density at radius 3 is 2.71 bits per heavy atom. The summed E-state index contributed by atoms with van der Waals surface area (Å²) >= 11 is 0. The number of amides is 1. The molecule has 0 unspecified atom stereocenters. The predicted octanol–water partition coefficient (Wildman–Crippen LogP) is 1.96. The molecule has 1 aromatic rings. The van der Waals surface area contributed by atoms with Gasteiger partial charge in [0.2, 0.25) is 5.91 Å². The number of aromatic hydroxyl groups is 1. The Hall–Kier alpha value is -1.59. The Balaban J connectivity index is 1.44. The van der Waals surface area contributed by atoms with E-state index in [-0.39, 0.29) is 11.9 Å². The van der Waals surface area contributed by atoms with Gasteiger partial charge >= 0.3 is 0 Å². The third-order valence-electron chi connectivity index (χ3n) is 5.32. The van der Waals surface area contributed by atoms with Crippen molar-refractivity contribution in [3.8, 4) is 5.75 Å². The van der Waals surface area contributed by atoms with E-state index in [4.69, 9.17) is 0 Å². The zero-order valence-electron chi connectivity index (χ0n) is 14.6. The van der Waals surface area contributed by atoms with E-state index in [1.807, 2.05) is 18.2 Å². The van der Waals surface area contributed by atoms with E-state index in [1.165, 1.54) is 6.42 Å². The molecule has 1 atom stereocenters. The van der Waals surface area contributed by atoms with Gasteiger partial charge in [-0.15, -0.1) is 0 Å². The molecule has 5 nitrogen and oxygen atoms in total. The molecular formula is C19H29N3O2. The van der Waals surface area contributed by atoms with Crippen LogP contribution in [0.3, 0.4) is 0 Å². The summed E-state index contributed by atoms with van der Waals surface area (Å²) in [7, 11) is 2.06. The van der Waals surface area contributed by atoms with Crippen LogP contribution in [-0.4, -0.2) is 59.6 Å². The van der Waals surface area contributed by atoms with Crippen LogP contribution in [-0.2, 0) is 11.3 Å². The average Bonchev–Trinajstić information content (AvgIpc) is 2.57. The topological polar surface area (TPSA) is 55.8 Å². The molecular weight excluding hydrogens is 302 g/mol. The third-order valence-corrected chi connectivity index (χ3v) is 5.32. The minimum absolute atomic E-state index is 0.0593. The van der Waals surface area contributed by atoms with E-state index in [9.17, 15) is 9.90 Å². The van der Waals surface area contributed by atoms with Crippen LogP contribution in [0.15, 0.2) is 24.3 Å². The van der Waals surface area contributed by atoms with E-state index >= 15 is 0 Å².